The van der Waals surface area contributed by atoms with Gasteiger partial charge in [0.1, 0.15) is 0 Å². The molecule has 0 aliphatic carbocycles. The molecule has 0 bridgehead atoms. The van der Waals surface area contributed by atoms with Crippen LogP contribution in [0.25, 0.3) is 0 Å². The Bertz CT molecular complexity index is 504. The number of piperidine rings is 1. The van der Waals surface area contributed by atoms with E-state index in [1.165, 1.54) is 25.9 Å². The maximum atomic E-state index is 11.3. The van der Waals surface area contributed by atoms with Crippen LogP contribution in [0.3, 0.4) is 0 Å². The molecule has 3 aliphatic rings. The first-order valence-electron chi connectivity index (χ1n) is 10.2. The lowest BCUT2D eigenvalue weighted by Crippen LogP contribution is -2.59. The van der Waals surface area contributed by atoms with Gasteiger partial charge in [0.2, 0.25) is 5.91 Å². The molecule has 0 aromatic heterocycles. The number of carbonyl (C=O) groups is 1. The molecule has 0 aromatic rings. The Balaban J connectivity index is 0.00000261. The summed E-state index contributed by atoms with van der Waals surface area (Å²) in [6, 6.07) is 0. The predicted molar refractivity (Wildman–Crippen MR) is 118 cm³/mol. The molecule has 7 nitrogen and oxygen atoms in total. The molecule has 156 valence electrons. The standard InChI is InChI=1S/C19H35N5O2.HI/c1-21-18(23-8-4-5-16(14-23)13-17(20)25)22-15-19(6-11-26-12-7-19)24-9-2-3-10-24;/h16H,2-15H2,1H3,(H2,20,25)(H,21,22);1H. The topological polar surface area (TPSA) is 83.2 Å². The minimum Gasteiger partial charge on any atom is -0.381 e. The van der Waals surface area contributed by atoms with Crippen molar-refractivity contribution in [2.45, 2.75) is 50.5 Å². The Morgan fingerprint density at radius 1 is 1.22 bits per heavy atom. The van der Waals surface area contributed by atoms with Crippen LogP contribution >= 0.6 is 24.0 Å². The van der Waals surface area contributed by atoms with Gasteiger partial charge in [-0.3, -0.25) is 14.7 Å². The van der Waals surface area contributed by atoms with Crippen molar-refractivity contribution in [3.05, 3.63) is 0 Å². The number of primary amides is 1. The van der Waals surface area contributed by atoms with Gasteiger partial charge in [0, 0.05) is 51.9 Å². The van der Waals surface area contributed by atoms with E-state index in [1.807, 2.05) is 7.05 Å². The second-order valence-electron chi connectivity index (χ2n) is 8.06. The van der Waals surface area contributed by atoms with Gasteiger partial charge in [-0.2, -0.15) is 0 Å². The summed E-state index contributed by atoms with van der Waals surface area (Å²) in [4.78, 5) is 20.8. The van der Waals surface area contributed by atoms with Gasteiger partial charge in [0.15, 0.2) is 5.96 Å². The third-order valence-corrected chi connectivity index (χ3v) is 6.30. The number of hydrogen-bond acceptors (Lipinski definition) is 4. The lowest BCUT2D eigenvalue weighted by molar-refractivity contribution is -0.119. The zero-order chi connectivity index (χ0) is 18.4. The summed E-state index contributed by atoms with van der Waals surface area (Å²) in [7, 11) is 1.85. The number of nitrogens with two attached hydrogens (primary N) is 1. The highest BCUT2D eigenvalue weighted by molar-refractivity contribution is 14.0. The molecule has 1 unspecified atom stereocenters. The fourth-order valence-electron chi connectivity index (χ4n) is 4.83. The predicted octanol–water partition coefficient (Wildman–Crippen LogP) is 1.41. The molecule has 3 N–H and O–H groups in total. The van der Waals surface area contributed by atoms with Gasteiger partial charge in [-0.15, -0.1) is 24.0 Å². The van der Waals surface area contributed by atoms with Crippen molar-refractivity contribution in [3.8, 4) is 0 Å². The Kier molecular flexibility index (Phi) is 9.07. The first-order chi connectivity index (χ1) is 12.6. The molecule has 0 radical (unpaired) electrons. The molecule has 3 heterocycles. The molecule has 3 fully saturated rings. The summed E-state index contributed by atoms with van der Waals surface area (Å²) in [6.07, 6.45) is 7.41. The number of guanidine groups is 1. The van der Waals surface area contributed by atoms with E-state index in [0.29, 0.717) is 12.3 Å². The maximum Gasteiger partial charge on any atom is 0.217 e. The summed E-state index contributed by atoms with van der Waals surface area (Å²) < 4.78 is 5.65. The second kappa shape index (κ2) is 10.8. The third kappa shape index (κ3) is 5.93. The minimum absolute atomic E-state index is 0. The van der Waals surface area contributed by atoms with Crippen LogP contribution in [-0.4, -0.2) is 80.2 Å². The zero-order valence-corrected chi connectivity index (χ0v) is 19.0. The average Bonchev–Trinajstić information content (AvgIpc) is 3.18. The van der Waals surface area contributed by atoms with E-state index in [2.05, 4.69) is 20.1 Å². The molecular weight excluding hydrogens is 457 g/mol. The smallest absolute Gasteiger partial charge is 0.217 e. The van der Waals surface area contributed by atoms with E-state index in [9.17, 15) is 4.79 Å². The van der Waals surface area contributed by atoms with E-state index < -0.39 is 0 Å². The van der Waals surface area contributed by atoms with E-state index in [4.69, 9.17) is 10.5 Å². The molecule has 27 heavy (non-hydrogen) atoms. The van der Waals surface area contributed by atoms with Gasteiger partial charge >= 0.3 is 0 Å². The van der Waals surface area contributed by atoms with Crippen LogP contribution in [0.1, 0.15) is 44.9 Å². The van der Waals surface area contributed by atoms with Crippen LogP contribution in [-0.2, 0) is 9.53 Å². The zero-order valence-electron chi connectivity index (χ0n) is 16.6. The lowest BCUT2D eigenvalue weighted by atomic mass is 9.88. The van der Waals surface area contributed by atoms with Crippen LogP contribution in [0.2, 0.25) is 0 Å². The Hall–Kier alpha value is -0.610. The average molecular weight is 493 g/mol. The molecule has 3 rings (SSSR count). The van der Waals surface area contributed by atoms with Crippen molar-refractivity contribution in [1.82, 2.24) is 15.1 Å². The van der Waals surface area contributed by atoms with E-state index in [1.54, 1.807) is 0 Å². The number of aliphatic imine (C=N–C) groups is 1. The summed E-state index contributed by atoms with van der Waals surface area (Å²) >= 11 is 0. The minimum atomic E-state index is -0.199. The summed E-state index contributed by atoms with van der Waals surface area (Å²) in [5.74, 6) is 1.11. The van der Waals surface area contributed by atoms with Crippen LogP contribution in [0.15, 0.2) is 4.99 Å². The van der Waals surface area contributed by atoms with Crippen molar-refractivity contribution in [1.29, 1.82) is 0 Å². The van der Waals surface area contributed by atoms with Gasteiger partial charge < -0.3 is 20.7 Å². The molecule has 1 atom stereocenters. The highest BCUT2D eigenvalue weighted by atomic mass is 127. The summed E-state index contributed by atoms with van der Waals surface area (Å²) in [5, 5.41) is 3.66. The van der Waals surface area contributed by atoms with Crippen LogP contribution in [0, 0.1) is 5.92 Å². The lowest BCUT2D eigenvalue weighted by Gasteiger charge is -2.45. The van der Waals surface area contributed by atoms with Crippen LogP contribution in [0.5, 0.6) is 0 Å². The Morgan fingerprint density at radius 3 is 2.56 bits per heavy atom. The number of nitrogens with one attached hydrogen (secondary N) is 1. The first kappa shape index (κ1) is 22.7. The fourth-order valence-corrected chi connectivity index (χ4v) is 4.83. The van der Waals surface area contributed by atoms with E-state index >= 15 is 0 Å². The molecule has 3 saturated heterocycles. The first-order valence-corrected chi connectivity index (χ1v) is 10.2. The number of rotatable bonds is 5. The largest absolute Gasteiger partial charge is 0.381 e. The van der Waals surface area contributed by atoms with Crippen molar-refractivity contribution < 1.29 is 9.53 Å². The fraction of sp³-hybridized carbons (Fsp3) is 0.895. The third-order valence-electron chi connectivity index (χ3n) is 6.30. The van der Waals surface area contributed by atoms with Crippen molar-refractivity contribution in [3.63, 3.8) is 0 Å². The Labute approximate surface area is 180 Å². The number of ether oxygens (including phenoxy) is 1. The molecule has 0 spiro atoms. The number of nitrogens with zero attached hydrogens (tertiary/aromatic N) is 3. The monoisotopic (exact) mass is 493 g/mol. The van der Waals surface area contributed by atoms with Crippen LogP contribution < -0.4 is 11.1 Å². The van der Waals surface area contributed by atoms with Gasteiger partial charge in [-0.05, 0) is 57.5 Å². The number of amides is 1. The molecule has 8 heteroatoms. The number of carbonyl (C=O) groups excluding carboxylic acids is 1. The van der Waals surface area contributed by atoms with Gasteiger partial charge in [-0.25, -0.2) is 0 Å². The second-order valence-corrected chi connectivity index (χ2v) is 8.06. The normalized spacial score (nSPS) is 26.5. The van der Waals surface area contributed by atoms with E-state index in [0.717, 1.165) is 64.5 Å². The highest BCUT2D eigenvalue weighted by Crippen LogP contribution is 2.31. The van der Waals surface area contributed by atoms with Crippen molar-refractivity contribution in [2.24, 2.45) is 16.6 Å². The molecule has 0 aromatic carbocycles. The van der Waals surface area contributed by atoms with Crippen molar-refractivity contribution >= 4 is 35.8 Å². The summed E-state index contributed by atoms with van der Waals surface area (Å²) in [5.41, 5.74) is 5.59. The van der Waals surface area contributed by atoms with Crippen LogP contribution in [0.4, 0.5) is 0 Å². The molecule has 0 saturated carbocycles. The Morgan fingerprint density at radius 2 is 1.93 bits per heavy atom. The van der Waals surface area contributed by atoms with Gasteiger partial charge in [0.05, 0.1) is 0 Å². The molecule has 1 amide bonds. The number of likely N-dealkylation sites (tertiary alicyclic amines) is 2. The number of hydrogen-bond donors (Lipinski definition) is 2. The van der Waals surface area contributed by atoms with Crippen molar-refractivity contribution in [2.75, 3.05) is 53.0 Å². The quantitative estimate of drug-likeness (QED) is 0.344. The number of halogens is 1. The maximum absolute atomic E-state index is 11.3. The van der Waals surface area contributed by atoms with E-state index in [-0.39, 0.29) is 35.4 Å². The van der Waals surface area contributed by atoms with Gasteiger partial charge in [-0.1, -0.05) is 0 Å². The highest BCUT2D eigenvalue weighted by Gasteiger charge is 2.40. The van der Waals surface area contributed by atoms with Gasteiger partial charge in [0.25, 0.3) is 0 Å². The summed E-state index contributed by atoms with van der Waals surface area (Å²) in [6.45, 7) is 6.87. The SMILES string of the molecule is CN=C(NCC1(N2CCCC2)CCOCC1)N1CCCC(CC(N)=O)C1.I. The molecule has 3 aliphatic heterocycles. The molecular formula is C19H36IN5O2.